The molecule has 0 spiro atoms. The molecule has 3 N–H and O–H groups in total. The maximum Gasteiger partial charge on any atom is 0.296 e. The number of nitrogens with one attached hydrogen (secondary N) is 1. The molecule has 0 fully saturated rings. The summed E-state index contributed by atoms with van der Waals surface area (Å²) in [6.07, 6.45) is -0.828. The van der Waals surface area contributed by atoms with E-state index in [1.807, 2.05) is 0 Å². The van der Waals surface area contributed by atoms with Crippen molar-refractivity contribution in [1.82, 2.24) is 4.98 Å². The number of carbonyl (C=O) groups excluding carboxylic acids is 1. The number of amides is 1. The predicted octanol–water partition coefficient (Wildman–Crippen LogP) is 4.51. The van der Waals surface area contributed by atoms with Gasteiger partial charge in [0.1, 0.15) is 16.3 Å². The van der Waals surface area contributed by atoms with Crippen LogP contribution in [0.3, 0.4) is 0 Å². The largest absolute Gasteiger partial charge is 0.496 e. The van der Waals surface area contributed by atoms with E-state index in [0.717, 1.165) is 11.3 Å². The van der Waals surface area contributed by atoms with Crippen LogP contribution in [0.1, 0.15) is 21.5 Å². The fraction of sp³-hybridized carbons (Fsp3) is 0.200. The number of benzene rings is 2. The van der Waals surface area contributed by atoms with Crippen molar-refractivity contribution in [1.29, 1.82) is 0 Å². The van der Waals surface area contributed by atoms with E-state index in [9.17, 15) is 14.9 Å². The number of nitrogens with two attached hydrogens (primary N) is 1. The summed E-state index contributed by atoms with van der Waals surface area (Å²) in [7, 11) is 4.24. The molecular weight excluding hydrogens is 460 g/mol. The second-order valence-corrected chi connectivity index (χ2v) is 7.80. The van der Waals surface area contributed by atoms with Crippen LogP contribution in [0, 0.1) is 10.1 Å². The summed E-state index contributed by atoms with van der Waals surface area (Å²) < 4.78 is 15.8. The zero-order chi connectivity index (χ0) is 23.4. The fourth-order valence-electron chi connectivity index (χ4n) is 3.04. The van der Waals surface area contributed by atoms with Crippen LogP contribution in [0.4, 0.5) is 16.5 Å². The highest BCUT2D eigenvalue weighted by molar-refractivity contribution is 7.18. The average Bonchev–Trinajstić information content (AvgIpc) is 3.19. The van der Waals surface area contributed by atoms with Crippen molar-refractivity contribution in [3.63, 3.8) is 0 Å². The topological polar surface area (TPSA) is 139 Å². The zero-order valence-corrected chi connectivity index (χ0v) is 18.8. The van der Waals surface area contributed by atoms with Gasteiger partial charge in [-0.05, 0) is 18.2 Å². The highest BCUT2D eigenvalue weighted by Gasteiger charge is 2.25. The number of ether oxygens (including phenoxy) is 3. The summed E-state index contributed by atoms with van der Waals surface area (Å²) >= 11 is 7.02. The number of hydrogen-bond acceptors (Lipinski definition) is 9. The molecule has 0 aliphatic carbocycles. The molecule has 0 bridgehead atoms. The van der Waals surface area contributed by atoms with Gasteiger partial charge >= 0.3 is 0 Å². The van der Waals surface area contributed by atoms with E-state index in [4.69, 9.17) is 31.5 Å². The highest BCUT2D eigenvalue weighted by atomic mass is 35.5. The number of rotatable bonds is 9. The number of aromatic nitrogens is 1. The molecular formula is C20H19ClN4O6S. The normalized spacial score (nSPS) is 10.9. The number of halogens is 1. The molecule has 0 atom stereocenters. The molecule has 0 saturated carbocycles. The van der Waals surface area contributed by atoms with Gasteiger partial charge in [0, 0.05) is 24.8 Å². The number of primary amides is 1. The standard InChI is InChI=1S/C20H19ClN4O6S/c1-29-15-9-14(25(27)28)13(8-12(15)19(30-2)31-3)23-20-24-16(17(32-20)18(22)26)10-5-4-6-11(21)7-10/h4-9,19H,1-3H3,(H2,22,26)(H,23,24). The SMILES string of the molecule is COc1cc([N+](=O)[O-])c(Nc2nc(-c3cccc(Cl)c3)c(C(N)=O)s2)cc1C(OC)OC. The summed E-state index contributed by atoms with van der Waals surface area (Å²) in [6.45, 7) is 0. The molecule has 3 aromatic rings. The van der Waals surface area contributed by atoms with E-state index < -0.39 is 17.1 Å². The Balaban J connectivity index is 2.11. The van der Waals surface area contributed by atoms with Crippen LogP contribution >= 0.6 is 22.9 Å². The Labute approximate surface area is 192 Å². The fourth-order valence-corrected chi connectivity index (χ4v) is 4.08. The van der Waals surface area contributed by atoms with Crippen molar-refractivity contribution in [2.45, 2.75) is 6.29 Å². The van der Waals surface area contributed by atoms with Crippen molar-refractivity contribution in [2.24, 2.45) is 5.73 Å². The minimum atomic E-state index is -0.828. The molecule has 1 aromatic heterocycles. The molecule has 10 nitrogen and oxygen atoms in total. The third-order valence-electron chi connectivity index (χ3n) is 4.42. The number of nitro benzene ring substituents is 1. The van der Waals surface area contributed by atoms with E-state index in [0.29, 0.717) is 21.8 Å². The summed E-state index contributed by atoms with van der Waals surface area (Å²) in [6, 6.07) is 9.49. The molecule has 168 valence electrons. The average molecular weight is 479 g/mol. The molecule has 12 heteroatoms. The second-order valence-electron chi connectivity index (χ2n) is 6.37. The third kappa shape index (κ3) is 4.81. The van der Waals surface area contributed by atoms with Gasteiger partial charge in [0.2, 0.25) is 0 Å². The lowest BCUT2D eigenvalue weighted by Crippen LogP contribution is -2.10. The molecule has 0 unspecified atom stereocenters. The Kier molecular flexibility index (Phi) is 7.26. The Morgan fingerprint density at radius 2 is 1.97 bits per heavy atom. The summed E-state index contributed by atoms with van der Waals surface area (Å²) in [5, 5.41) is 15.3. The predicted molar refractivity (Wildman–Crippen MR) is 121 cm³/mol. The van der Waals surface area contributed by atoms with E-state index in [2.05, 4.69) is 10.3 Å². The van der Waals surface area contributed by atoms with E-state index in [1.165, 1.54) is 33.5 Å². The van der Waals surface area contributed by atoms with Gasteiger partial charge in [-0.15, -0.1) is 0 Å². The van der Waals surface area contributed by atoms with Gasteiger partial charge in [-0.25, -0.2) is 4.98 Å². The van der Waals surface area contributed by atoms with Gasteiger partial charge in [0.05, 0.1) is 29.4 Å². The Bertz CT molecular complexity index is 1160. The molecule has 32 heavy (non-hydrogen) atoms. The zero-order valence-electron chi connectivity index (χ0n) is 17.2. The number of carbonyl (C=O) groups is 1. The monoisotopic (exact) mass is 478 g/mol. The van der Waals surface area contributed by atoms with Crippen molar-refractivity contribution in [3.05, 3.63) is 62.0 Å². The molecule has 2 aromatic carbocycles. The molecule has 0 saturated heterocycles. The van der Waals surface area contributed by atoms with Crippen molar-refractivity contribution in [2.75, 3.05) is 26.6 Å². The number of methoxy groups -OCH3 is 3. The summed E-state index contributed by atoms with van der Waals surface area (Å²) in [5.41, 5.74) is 6.68. The Hall–Kier alpha value is -3.25. The van der Waals surface area contributed by atoms with Gasteiger partial charge in [0.15, 0.2) is 11.4 Å². The first-order valence-corrected chi connectivity index (χ1v) is 10.2. The minimum absolute atomic E-state index is 0.104. The number of thiazole rings is 1. The van der Waals surface area contributed by atoms with E-state index >= 15 is 0 Å². The van der Waals surface area contributed by atoms with Gasteiger partial charge < -0.3 is 25.3 Å². The third-order valence-corrected chi connectivity index (χ3v) is 5.64. The van der Waals surface area contributed by atoms with E-state index in [1.54, 1.807) is 24.3 Å². The Morgan fingerprint density at radius 3 is 2.53 bits per heavy atom. The van der Waals surface area contributed by atoms with Crippen LogP contribution in [0.15, 0.2) is 36.4 Å². The van der Waals surface area contributed by atoms with Crippen LogP contribution in [0.2, 0.25) is 5.02 Å². The van der Waals surface area contributed by atoms with Gasteiger partial charge in [0.25, 0.3) is 11.6 Å². The maximum absolute atomic E-state index is 12.0. The summed E-state index contributed by atoms with van der Waals surface area (Å²) in [5.74, 6) is -0.471. The lowest BCUT2D eigenvalue weighted by molar-refractivity contribution is -0.384. The quantitative estimate of drug-likeness (QED) is 0.260. The number of anilines is 2. The van der Waals surface area contributed by atoms with Crippen LogP contribution in [0.5, 0.6) is 5.75 Å². The molecule has 1 amide bonds. The first-order valence-electron chi connectivity index (χ1n) is 9.04. The van der Waals surface area contributed by atoms with Gasteiger partial charge in [-0.3, -0.25) is 14.9 Å². The van der Waals surface area contributed by atoms with Gasteiger partial charge in [-0.1, -0.05) is 35.1 Å². The molecule has 1 heterocycles. The van der Waals surface area contributed by atoms with Crippen LogP contribution < -0.4 is 15.8 Å². The number of nitro groups is 1. The van der Waals surface area contributed by atoms with Gasteiger partial charge in [-0.2, -0.15) is 0 Å². The maximum atomic E-state index is 12.0. The smallest absolute Gasteiger partial charge is 0.296 e. The molecule has 0 radical (unpaired) electrons. The minimum Gasteiger partial charge on any atom is -0.496 e. The lowest BCUT2D eigenvalue weighted by atomic mass is 10.1. The Morgan fingerprint density at radius 1 is 1.25 bits per heavy atom. The lowest BCUT2D eigenvalue weighted by Gasteiger charge is -2.18. The van der Waals surface area contributed by atoms with Crippen molar-refractivity contribution in [3.8, 4) is 17.0 Å². The highest BCUT2D eigenvalue weighted by Crippen LogP contribution is 2.40. The first-order chi connectivity index (χ1) is 15.3. The van der Waals surface area contributed by atoms with Crippen molar-refractivity contribution >= 4 is 45.4 Å². The number of hydrogen-bond donors (Lipinski definition) is 2. The molecule has 0 aliphatic rings. The molecule has 3 rings (SSSR count). The first kappa shape index (κ1) is 23.4. The summed E-state index contributed by atoms with van der Waals surface area (Å²) in [4.78, 5) is 27.7. The van der Waals surface area contributed by atoms with Crippen LogP contribution in [0.25, 0.3) is 11.3 Å². The van der Waals surface area contributed by atoms with Crippen LogP contribution in [-0.2, 0) is 9.47 Å². The van der Waals surface area contributed by atoms with Crippen molar-refractivity contribution < 1.29 is 23.9 Å². The van der Waals surface area contributed by atoms with Crippen LogP contribution in [-0.4, -0.2) is 37.1 Å². The molecule has 0 aliphatic heterocycles. The number of nitrogens with zero attached hydrogens (tertiary/aromatic N) is 2. The second kappa shape index (κ2) is 9.92. The van der Waals surface area contributed by atoms with E-state index in [-0.39, 0.29) is 27.1 Å².